The Labute approximate surface area is 202 Å². The molecule has 7 nitrogen and oxygen atoms in total. The first-order valence-electron chi connectivity index (χ1n) is 11.9. The van der Waals surface area contributed by atoms with Crippen LogP contribution in [-0.2, 0) is 14.3 Å². The molecule has 1 N–H and O–H groups in total. The van der Waals surface area contributed by atoms with Crippen LogP contribution < -0.4 is 15.0 Å². The minimum absolute atomic E-state index is 0.106. The fraction of sp³-hybridized carbons (Fsp3) is 0.407. The van der Waals surface area contributed by atoms with Gasteiger partial charge in [0.25, 0.3) is 11.8 Å². The number of anilines is 2. The van der Waals surface area contributed by atoms with Crippen molar-refractivity contribution in [3.05, 3.63) is 59.8 Å². The van der Waals surface area contributed by atoms with Crippen molar-refractivity contribution in [2.75, 3.05) is 43.6 Å². The van der Waals surface area contributed by atoms with Gasteiger partial charge in [-0.25, -0.2) is 0 Å². The molecule has 0 spiro atoms. The maximum Gasteiger partial charge on any atom is 0.278 e. The number of benzene rings is 2. The van der Waals surface area contributed by atoms with Crippen molar-refractivity contribution in [2.45, 2.75) is 40.2 Å². The van der Waals surface area contributed by atoms with Crippen LogP contribution >= 0.6 is 0 Å². The molecule has 1 aliphatic rings. The second-order valence-corrected chi connectivity index (χ2v) is 8.36. The van der Waals surface area contributed by atoms with Gasteiger partial charge >= 0.3 is 0 Å². The first kappa shape index (κ1) is 25.3. The molecule has 1 heterocycles. The van der Waals surface area contributed by atoms with Crippen LogP contribution in [0, 0.1) is 0 Å². The molecule has 7 heteroatoms. The molecule has 0 atom stereocenters. The molecule has 0 saturated heterocycles. The van der Waals surface area contributed by atoms with Crippen molar-refractivity contribution >= 4 is 28.8 Å². The Hall–Kier alpha value is -3.32. The number of imide groups is 1. The number of amides is 2. The van der Waals surface area contributed by atoms with E-state index in [2.05, 4.69) is 24.1 Å². The van der Waals surface area contributed by atoms with Crippen molar-refractivity contribution in [1.82, 2.24) is 4.90 Å². The summed E-state index contributed by atoms with van der Waals surface area (Å²) in [6, 6.07) is 15.1. The van der Waals surface area contributed by atoms with Crippen molar-refractivity contribution in [1.29, 1.82) is 0 Å². The van der Waals surface area contributed by atoms with E-state index in [1.165, 1.54) is 4.90 Å². The van der Waals surface area contributed by atoms with Crippen molar-refractivity contribution in [2.24, 2.45) is 0 Å². The number of hydrogen-bond donors (Lipinski definition) is 1. The van der Waals surface area contributed by atoms with Crippen LogP contribution in [0.2, 0.25) is 0 Å². The molecule has 0 fully saturated rings. The highest BCUT2D eigenvalue weighted by molar-refractivity contribution is 6.36. The summed E-state index contributed by atoms with van der Waals surface area (Å²) < 4.78 is 10.8. The Bertz CT molecular complexity index is 1010. The number of carbonyl (C=O) groups excluding carboxylic acids is 2. The summed E-state index contributed by atoms with van der Waals surface area (Å²) in [6.07, 6.45) is 0.687. The lowest BCUT2D eigenvalue weighted by Crippen LogP contribution is -2.34. The molecule has 0 bridgehead atoms. The highest BCUT2D eigenvalue weighted by atomic mass is 16.5. The van der Waals surface area contributed by atoms with Gasteiger partial charge in [0, 0.05) is 37.6 Å². The number of ether oxygens (including phenoxy) is 2. The third-order valence-electron chi connectivity index (χ3n) is 5.79. The number of carbonyl (C=O) groups is 2. The molecule has 0 radical (unpaired) electrons. The Kier molecular flexibility index (Phi) is 8.71. The summed E-state index contributed by atoms with van der Waals surface area (Å²) in [5.74, 6) is 0.0560. The molecular formula is C27H35N3O4. The Balaban J connectivity index is 1.88. The van der Waals surface area contributed by atoms with Gasteiger partial charge in [0.2, 0.25) is 0 Å². The van der Waals surface area contributed by atoms with Gasteiger partial charge < -0.3 is 19.7 Å². The van der Waals surface area contributed by atoms with Gasteiger partial charge in [0.05, 0.1) is 18.8 Å². The predicted molar refractivity (Wildman–Crippen MR) is 136 cm³/mol. The van der Waals surface area contributed by atoms with Crippen LogP contribution in [0.1, 0.15) is 39.7 Å². The SMILES string of the molecule is CCN(CC)c1ccc(NC2=C(c3ccc(OC)cc3)C(=O)N(CCCOC(C)C)C2=O)cc1. The number of rotatable bonds is 12. The fourth-order valence-corrected chi connectivity index (χ4v) is 3.95. The molecular weight excluding hydrogens is 430 g/mol. The molecule has 2 aromatic rings. The van der Waals surface area contributed by atoms with Crippen LogP contribution in [0.3, 0.4) is 0 Å². The minimum atomic E-state index is -0.326. The van der Waals surface area contributed by atoms with E-state index in [0.717, 1.165) is 24.5 Å². The largest absolute Gasteiger partial charge is 0.497 e. The Morgan fingerprint density at radius 2 is 1.59 bits per heavy atom. The van der Waals surface area contributed by atoms with E-state index in [0.29, 0.717) is 36.5 Å². The van der Waals surface area contributed by atoms with Crippen LogP contribution in [0.4, 0.5) is 11.4 Å². The van der Waals surface area contributed by atoms with E-state index in [9.17, 15) is 9.59 Å². The molecule has 0 aromatic heterocycles. The fourth-order valence-electron chi connectivity index (χ4n) is 3.95. The molecule has 0 unspecified atom stereocenters. The molecule has 0 saturated carbocycles. The Morgan fingerprint density at radius 3 is 2.15 bits per heavy atom. The maximum atomic E-state index is 13.3. The number of nitrogens with zero attached hydrogens (tertiary/aromatic N) is 2. The van der Waals surface area contributed by atoms with E-state index in [-0.39, 0.29) is 23.6 Å². The van der Waals surface area contributed by atoms with Gasteiger partial charge in [-0.1, -0.05) is 12.1 Å². The summed E-state index contributed by atoms with van der Waals surface area (Å²) in [7, 11) is 1.59. The van der Waals surface area contributed by atoms with Gasteiger partial charge in [-0.2, -0.15) is 0 Å². The van der Waals surface area contributed by atoms with Gasteiger partial charge in [-0.15, -0.1) is 0 Å². The molecule has 2 aromatic carbocycles. The first-order chi connectivity index (χ1) is 16.4. The lowest BCUT2D eigenvalue weighted by Gasteiger charge is -2.21. The topological polar surface area (TPSA) is 71.1 Å². The van der Waals surface area contributed by atoms with Crippen LogP contribution in [0.5, 0.6) is 5.75 Å². The number of hydrogen-bond acceptors (Lipinski definition) is 6. The minimum Gasteiger partial charge on any atom is -0.497 e. The second-order valence-electron chi connectivity index (χ2n) is 8.36. The predicted octanol–water partition coefficient (Wildman–Crippen LogP) is 4.55. The lowest BCUT2D eigenvalue weighted by atomic mass is 10.0. The Morgan fingerprint density at radius 1 is 0.941 bits per heavy atom. The van der Waals surface area contributed by atoms with E-state index >= 15 is 0 Å². The van der Waals surface area contributed by atoms with Crippen LogP contribution in [0.25, 0.3) is 5.57 Å². The van der Waals surface area contributed by atoms with E-state index in [1.807, 2.05) is 38.1 Å². The normalized spacial score (nSPS) is 13.8. The van der Waals surface area contributed by atoms with E-state index in [4.69, 9.17) is 9.47 Å². The number of methoxy groups -OCH3 is 1. The highest BCUT2D eigenvalue weighted by Gasteiger charge is 2.38. The van der Waals surface area contributed by atoms with Gasteiger partial charge in [-0.3, -0.25) is 14.5 Å². The molecule has 1 aliphatic heterocycles. The van der Waals surface area contributed by atoms with E-state index in [1.54, 1.807) is 31.4 Å². The third-order valence-corrected chi connectivity index (χ3v) is 5.79. The summed E-state index contributed by atoms with van der Waals surface area (Å²) in [4.78, 5) is 30.2. The summed E-state index contributed by atoms with van der Waals surface area (Å²) >= 11 is 0. The highest BCUT2D eigenvalue weighted by Crippen LogP contribution is 2.32. The van der Waals surface area contributed by atoms with Crippen molar-refractivity contribution < 1.29 is 19.1 Å². The van der Waals surface area contributed by atoms with Crippen molar-refractivity contribution in [3.63, 3.8) is 0 Å². The quantitative estimate of drug-likeness (QED) is 0.366. The van der Waals surface area contributed by atoms with E-state index < -0.39 is 0 Å². The average molecular weight is 466 g/mol. The molecule has 2 amide bonds. The zero-order valence-electron chi connectivity index (χ0n) is 20.8. The van der Waals surface area contributed by atoms with Crippen LogP contribution in [-0.4, -0.2) is 56.2 Å². The van der Waals surface area contributed by atoms with Gasteiger partial charge in [-0.05, 0) is 76.1 Å². The molecule has 34 heavy (non-hydrogen) atoms. The summed E-state index contributed by atoms with van der Waals surface area (Å²) in [5.41, 5.74) is 3.19. The summed E-state index contributed by atoms with van der Waals surface area (Å²) in [6.45, 7) is 10.8. The average Bonchev–Trinajstić information content (AvgIpc) is 3.07. The lowest BCUT2D eigenvalue weighted by molar-refractivity contribution is -0.137. The van der Waals surface area contributed by atoms with Crippen LogP contribution in [0.15, 0.2) is 54.2 Å². The molecule has 182 valence electrons. The first-order valence-corrected chi connectivity index (χ1v) is 11.9. The van der Waals surface area contributed by atoms with Crippen molar-refractivity contribution in [3.8, 4) is 5.75 Å². The standard InChI is InChI=1S/C27H35N3O4/c1-6-29(7-2)22-13-11-21(12-14-22)28-25-24(20-9-15-23(33-5)16-10-20)26(31)30(27(25)32)17-8-18-34-19(3)4/h9-16,19,28H,6-8,17-18H2,1-5H3. The second kappa shape index (κ2) is 11.7. The zero-order valence-corrected chi connectivity index (χ0v) is 20.8. The maximum absolute atomic E-state index is 13.3. The van der Waals surface area contributed by atoms with Gasteiger partial charge in [0.1, 0.15) is 11.4 Å². The summed E-state index contributed by atoms with van der Waals surface area (Å²) in [5, 5.41) is 3.23. The number of nitrogens with one attached hydrogen (secondary N) is 1. The third kappa shape index (κ3) is 5.78. The smallest absolute Gasteiger partial charge is 0.278 e. The molecule has 0 aliphatic carbocycles. The monoisotopic (exact) mass is 465 g/mol. The zero-order chi connectivity index (χ0) is 24.7. The van der Waals surface area contributed by atoms with Gasteiger partial charge in [0.15, 0.2) is 0 Å². The molecule has 3 rings (SSSR count).